The van der Waals surface area contributed by atoms with Crippen molar-refractivity contribution >= 4 is 65.5 Å². The second-order valence-corrected chi connectivity index (χ2v) is 22.8. The number of amides is 6. The second kappa shape index (κ2) is 41.2. The number of nitrogens with one attached hydrogen (secondary N) is 8. The van der Waals surface area contributed by atoms with Gasteiger partial charge < -0.3 is 68.2 Å². The maximum atomic E-state index is 14.5. The van der Waals surface area contributed by atoms with E-state index in [0.29, 0.717) is 77.8 Å². The maximum Gasteiger partial charge on any atom is 0.344 e. The highest BCUT2D eigenvalue weighted by Gasteiger charge is 2.30. The van der Waals surface area contributed by atoms with Crippen LogP contribution in [0.2, 0.25) is 0 Å². The maximum absolute atomic E-state index is 14.5. The number of carbonyl (C=O) groups is 9. The van der Waals surface area contributed by atoms with E-state index < -0.39 is 48.0 Å². The lowest BCUT2D eigenvalue weighted by atomic mass is 9.91. The average Bonchev–Trinajstić information content (AvgIpc) is 2.71. The number of aldehydes is 1. The molecule has 0 radical (unpaired) electrons. The first-order chi connectivity index (χ1) is 43.8. The molecule has 0 aliphatic carbocycles. The third-order valence-electron chi connectivity index (χ3n) is 15.8. The molecule has 5 rings (SSSR count). The van der Waals surface area contributed by atoms with Crippen LogP contribution < -0.4 is 48.3 Å². The fourth-order valence-electron chi connectivity index (χ4n) is 10.7. The van der Waals surface area contributed by atoms with Crippen LogP contribution in [0.1, 0.15) is 87.3 Å². The number of guanidine groups is 1. The number of nitrogens with zero attached hydrogens (tertiary/aromatic N) is 6. The van der Waals surface area contributed by atoms with Gasteiger partial charge in [-0.05, 0) is 92.3 Å². The Morgan fingerprint density at radius 3 is 1.75 bits per heavy atom. The van der Waals surface area contributed by atoms with E-state index in [1.807, 2.05) is 47.4 Å². The summed E-state index contributed by atoms with van der Waals surface area (Å²) in [5.74, 6) is -4.74. The van der Waals surface area contributed by atoms with Crippen molar-refractivity contribution in [2.24, 2.45) is 10.7 Å². The van der Waals surface area contributed by atoms with Crippen molar-refractivity contribution in [1.82, 2.24) is 61.7 Å². The van der Waals surface area contributed by atoms with Crippen LogP contribution in [0, 0.1) is 0 Å². The number of anilines is 1. The summed E-state index contributed by atoms with van der Waals surface area (Å²) in [4.78, 5) is 126. The van der Waals surface area contributed by atoms with Crippen LogP contribution >= 0.6 is 0 Å². The molecule has 500 valence electrons. The van der Waals surface area contributed by atoms with Crippen molar-refractivity contribution in [3.8, 4) is 5.75 Å². The minimum atomic E-state index is -1.04. The summed E-state index contributed by atoms with van der Waals surface area (Å²) in [5.41, 5.74) is 9.51. The molecular weight excluding hydrogens is 1170 g/mol. The number of piperidine rings is 1. The van der Waals surface area contributed by atoms with Crippen molar-refractivity contribution in [2.45, 2.75) is 102 Å². The number of carboxylic acid groups (broad SMARTS) is 3. The lowest BCUT2D eigenvalue weighted by Gasteiger charge is -2.38. The predicted molar refractivity (Wildman–Crippen MR) is 343 cm³/mol. The van der Waals surface area contributed by atoms with Gasteiger partial charge >= 0.3 is 23.9 Å². The first-order valence-corrected chi connectivity index (χ1v) is 31.5. The quantitative estimate of drug-likeness (QED) is 0.0164. The molecule has 3 atom stereocenters. The van der Waals surface area contributed by atoms with Gasteiger partial charge in [-0.1, -0.05) is 67.9 Å². The molecule has 28 heteroatoms. The zero-order valence-electron chi connectivity index (χ0n) is 52.3. The lowest BCUT2D eigenvalue weighted by molar-refractivity contribution is -0.140. The molecular formula is C63H95N15O13. The normalized spacial score (nSPS) is 16.3. The van der Waals surface area contributed by atoms with E-state index in [4.69, 9.17) is 5.73 Å². The van der Waals surface area contributed by atoms with Crippen LogP contribution in [0.25, 0.3) is 0 Å². The number of aryl methyl sites for hydroxylation is 1. The number of carboxylic acids is 3. The van der Waals surface area contributed by atoms with Crippen molar-refractivity contribution in [2.75, 3.05) is 130 Å². The third kappa shape index (κ3) is 29.9. The van der Waals surface area contributed by atoms with Gasteiger partial charge in [-0.2, -0.15) is 4.99 Å². The van der Waals surface area contributed by atoms with Crippen LogP contribution in [0.3, 0.4) is 0 Å². The number of rotatable bonds is 36. The van der Waals surface area contributed by atoms with Crippen molar-refractivity contribution in [3.05, 3.63) is 95.6 Å². The highest BCUT2D eigenvalue weighted by Crippen LogP contribution is 2.26. The summed E-state index contributed by atoms with van der Waals surface area (Å²) in [6, 6.07) is 22.5. The largest absolute Gasteiger partial charge is 0.508 e. The fourth-order valence-corrected chi connectivity index (χ4v) is 10.7. The molecule has 3 aromatic rings. The Kier molecular flexibility index (Phi) is 33.2. The Balaban J connectivity index is 1.11. The fraction of sp³-hybridized carbons (Fsp3) is 0.556. The summed E-state index contributed by atoms with van der Waals surface area (Å²) in [6.07, 6.45) is 5.82. The lowest BCUT2D eigenvalue weighted by Crippen LogP contribution is -2.57. The highest BCUT2D eigenvalue weighted by molar-refractivity contribution is 5.92. The monoisotopic (exact) mass is 1270 g/mol. The number of aliphatic carboxylic acids is 3. The number of benzene rings is 3. The average molecular weight is 1270 g/mol. The van der Waals surface area contributed by atoms with Gasteiger partial charge in [0, 0.05) is 123 Å². The van der Waals surface area contributed by atoms with Crippen molar-refractivity contribution in [1.29, 1.82) is 0 Å². The number of hydrogen-bond donors (Lipinski definition) is 13. The van der Waals surface area contributed by atoms with Gasteiger partial charge in [0.1, 0.15) is 18.0 Å². The first-order valence-electron chi connectivity index (χ1n) is 31.5. The summed E-state index contributed by atoms with van der Waals surface area (Å²) >= 11 is 0. The molecule has 91 heavy (non-hydrogen) atoms. The molecule has 0 spiro atoms. The van der Waals surface area contributed by atoms with Crippen LogP contribution in [-0.2, 0) is 51.3 Å². The standard InChI is InChI=1S/C63H95N15O13/c1-2-55(81)67-28-29-69-63(91)73-62(64)68-25-8-14-53(61(90)70-40-47-15-21-51(80)22-16-47)72-60(89)52(13-7-6-12-46-10-4-3-5-11-46)48-17-19-49(20-18-48)65-26-9-27-66-56(82)41-74-30-23-50(24-31-74)71-54(45-79)78-38-36-76(43-58(85)86)34-32-75(42-57(83)84)33-35-77(37-39-78)44-59(87)88/h3-5,10-11,15-22,45,50,52-54,65,71,80H,2,6-9,12-14,23-44H2,1H3,(H,66,82)(H,67,81)(H,70,90)(H,72,89)(H,83,84)(H,85,86)(H,87,88)(H4,64,68,69,73,91)/t52?,53-,54?/m1/s1. The van der Waals surface area contributed by atoms with E-state index in [1.54, 1.807) is 33.8 Å². The van der Waals surface area contributed by atoms with Gasteiger partial charge in [0.15, 0.2) is 12.2 Å². The van der Waals surface area contributed by atoms with E-state index in [-0.39, 0.29) is 134 Å². The Hall–Kier alpha value is -8.28. The molecule has 14 N–H and O–H groups in total. The summed E-state index contributed by atoms with van der Waals surface area (Å²) in [7, 11) is 0. The van der Waals surface area contributed by atoms with E-state index in [2.05, 4.69) is 64.6 Å². The molecule has 6 amide bonds. The molecule has 2 aliphatic rings. The van der Waals surface area contributed by atoms with E-state index in [1.165, 1.54) is 17.7 Å². The molecule has 2 fully saturated rings. The number of nitrogens with two attached hydrogens (primary N) is 1. The molecule has 2 aliphatic heterocycles. The van der Waals surface area contributed by atoms with Gasteiger partial charge in [-0.15, -0.1) is 0 Å². The molecule has 3 aromatic carbocycles. The number of carbonyl (C=O) groups excluding carboxylic acids is 6. The number of aromatic hydroxyl groups is 1. The zero-order chi connectivity index (χ0) is 65.8. The van der Waals surface area contributed by atoms with E-state index >= 15 is 0 Å². The number of unbranched alkanes of at least 4 members (excludes halogenated alkanes) is 1. The minimum Gasteiger partial charge on any atom is -0.508 e. The van der Waals surface area contributed by atoms with Gasteiger partial charge in [-0.25, -0.2) is 4.79 Å². The van der Waals surface area contributed by atoms with Crippen LogP contribution in [-0.4, -0.2) is 247 Å². The second-order valence-electron chi connectivity index (χ2n) is 22.8. The predicted octanol–water partition coefficient (Wildman–Crippen LogP) is 0.583. The van der Waals surface area contributed by atoms with E-state index in [0.717, 1.165) is 42.4 Å². The minimum absolute atomic E-state index is 0.0601. The summed E-state index contributed by atoms with van der Waals surface area (Å²) < 4.78 is 0. The number of likely N-dealkylation sites (tertiary alicyclic amines) is 1. The zero-order valence-corrected chi connectivity index (χ0v) is 52.3. The number of aliphatic imine (C=N–C) groups is 1. The topological polar surface area (TPSA) is 385 Å². The molecule has 2 heterocycles. The molecule has 28 nitrogen and oxygen atoms in total. The van der Waals surface area contributed by atoms with E-state index in [9.17, 15) is 63.6 Å². The molecule has 0 aromatic heterocycles. The molecule has 2 unspecified atom stereocenters. The molecule has 2 saturated heterocycles. The molecule has 0 saturated carbocycles. The Morgan fingerprint density at radius 2 is 1.15 bits per heavy atom. The number of urea groups is 1. The van der Waals surface area contributed by atoms with Gasteiger partial charge in [0.2, 0.25) is 23.6 Å². The van der Waals surface area contributed by atoms with Crippen molar-refractivity contribution in [3.63, 3.8) is 0 Å². The number of hydrogen-bond acceptors (Lipinski definition) is 17. The number of phenols is 1. The summed E-state index contributed by atoms with van der Waals surface area (Å²) in [5, 5.41) is 62.4. The van der Waals surface area contributed by atoms with Crippen LogP contribution in [0.4, 0.5) is 10.5 Å². The van der Waals surface area contributed by atoms with Crippen LogP contribution in [0.5, 0.6) is 5.75 Å². The third-order valence-corrected chi connectivity index (χ3v) is 15.8. The van der Waals surface area contributed by atoms with Gasteiger partial charge in [-0.3, -0.25) is 63.4 Å². The van der Waals surface area contributed by atoms with Gasteiger partial charge in [0.05, 0.1) is 32.1 Å². The smallest absolute Gasteiger partial charge is 0.344 e. The number of phenolic OH excluding ortho intramolecular Hbond substituents is 1. The first kappa shape index (κ1) is 73.5. The van der Waals surface area contributed by atoms with Gasteiger partial charge in [0.25, 0.3) is 0 Å². The van der Waals surface area contributed by atoms with Crippen LogP contribution in [0.15, 0.2) is 83.9 Å². The molecule has 0 bridgehead atoms. The Bertz CT molecular complexity index is 2740. The highest BCUT2D eigenvalue weighted by atomic mass is 16.4. The SMILES string of the molecule is CCC(=O)NCCNC(=O)/N=C(/N)NCCC[C@@H](NC(=O)C(CCCCc1ccccc1)c1ccc(NCCCNC(=O)CN2CCC(NC(C=O)N3CCN(CC(=O)O)CCN(CC(=O)O)CCN(CC(=O)O)CC3)CC2)cc1)C(=O)NCc1ccc(O)cc1. The Labute approximate surface area is 532 Å². The van der Waals surface area contributed by atoms with Crippen molar-refractivity contribution < 1.29 is 63.6 Å². The Morgan fingerprint density at radius 1 is 0.582 bits per heavy atom. The summed E-state index contributed by atoms with van der Waals surface area (Å²) in [6.45, 7) is 6.30.